The van der Waals surface area contributed by atoms with Crippen molar-refractivity contribution in [3.63, 3.8) is 0 Å². The summed E-state index contributed by atoms with van der Waals surface area (Å²) in [4.78, 5) is 22.5. The fourth-order valence-corrected chi connectivity index (χ4v) is 3.50. The van der Waals surface area contributed by atoms with Gasteiger partial charge >= 0.3 is 0 Å². The van der Waals surface area contributed by atoms with Gasteiger partial charge in [-0.1, -0.05) is 6.07 Å². The van der Waals surface area contributed by atoms with Crippen molar-refractivity contribution in [1.82, 2.24) is 15.3 Å². The summed E-state index contributed by atoms with van der Waals surface area (Å²) in [5, 5.41) is 4.83. The molecule has 0 spiro atoms. The second-order valence-electron chi connectivity index (χ2n) is 4.85. The zero-order valence-electron chi connectivity index (χ0n) is 12.6. The van der Waals surface area contributed by atoms with Crippen LogP contribution in [0.3, 0.4) is 0 Å². The second kappa shape index (κ2) is 8.03. The summed E-state index contributed by atoms with van der Waals surface area (Å²) in [7, 11) is 0. The molecule has 0 saturated heterocycles. The van der Waals surface area contributed by atoms with Crippen LogP contribution in [-0.2, 0) is 11.3 Å². The standard InChI is InChI=1S/C17H14FN3OS2/c18-12-3-5-13(6-4-12)24-11-16(22)21-10-14-17(20-8-7-19-14)15-2-1-9-23-15/h1-9H,10-11H2,(H,21,22). The van der Waals surface area contributed by atoms with E-state index in [0.29, 0.717) is 6.54 Å². The molecule has 122 valence electrons. The molecular formula is C17H14FN3OS2. The molecule has 24 heavy (non-hydrogen) atoms. The van der Waals surface area contributed by atoms with Gasteiger partial charge in [-0.2, -0.15) is 0 Å². The largest absolute Gasteiger partial charge is 0.350 e. The molecule has 0 bridgehead atoms. The number of nitrogens with one attached hydrogen (secondary N) is 1. The Bertz CT molecular complexity index is 807. The van der Waals surface area contributed by atoms with Crippen molar-refractivity contribution >= 4 is 29.0 Å². The molecule has 0 unspecified atom stereocenters. The van der Waals surface area contributed by atoms with Gasteiger partial charge in [0.1, 0.15) is 11.5 Å². The fourth-order valence-electron chi connectivity index (χ4n) is 2.03. The average Bonchev–Trinajstić information content (AvgIpc) is 3.14. The number of hydrogen-bond donors (Lipinski definition) is 1. The normalized spacial score (nSPS) is 10.5. The van der Waals surface area contributed by atoms with Crippen LogP contribution in [0.4, 0.5) is 4.39 Å². The number of thiophene rings is 1. The van der Waals surface area contributed by atoms with Crippen LogP contribution in [0.1, 0.15) is 5.69 Å². The maximum Gasteiger partial charge on any atom is 0.230 e. The highest BCUT2D eigenvalue weighted by Gasteiger charge is 2.10. The first-order valence-electron chi connectivity index (χ1n) is 7.21. The van der Waals surface area contributed by atoms with Gasteiger partial charge in [0.2, 0.25) is 5.91 Å². The van der Waals surface area contributed by atoms with Crippen LogP contribution in [0.15, 0.2) is 59.1 Å². The van der Waals surface area contributed by atoms with E-state index in [1.165, 1.54) is 23.9 Å². The van der Waals surface area contributed by atoms with Crippen molar-refractivity contribution < 1.29 is 9.18 Å². The number of aromatic nitrogens is 2. The Morgan fingerprint density at radius 2 is 1.96 bits per heavy atom. The number of nitrogens with zero attached hydrogens (tertiary/aromatic N) is 2. The van der Waals surface area contributed by atoms with E-state index in [2.05, 4.69) is 15.3 Å². The van der Waals surface area contributed by atoms with E-state index in [1.54, 1.807) is 35.9 Å². The summed E-state index contributed by atoms with van der Waals surface area (Å²) in [6, 6.07) is 10.0. The van der Waals surface area contributed by atoms with Gasteiger partial charge in [0.25, 0.3) is 0 Å². The molecule has 0 aliphatic carbocycles. The number of halogens is 1. The Balaban J connectivity index is 1.56. The van der Waals surface area contributed by atoms with Crippen LogP contribution in [0.25, 0.3) is 10.6 Å². The minimum atomic E-state index is -0.285. The zero-order chi connectivity index (χ0) is 16.8. The fraction of sp³-hybridized carbons (Fsp3) is 0.118. The van der Waals surface area contributed by atoms with E-state index < -0.39 is 0 Å². The van der Waals surface area contributed by atoms with Gasteiger partial charge in [-0.25, -0.2) is 4.39 Å². The Kier molecular flexibility index (Phi) is 5.55. The van der Waals surface area contributed by atoms with E-state index in [9.17, 15) is 9.18 Å². The van der Waals surface area contributed by atoms with E-state index in [-0.39, 0.29) is 17.5 Å². The summed E-state index contributed by atoms with van der Waals surface area (Å²) in [5.41, 5.74) is 1.53. The van der Waals surface area contributed by atoms with Crippen molar-refractivity contribution in [2.75, 3.05) is 5.75 Å². The highest BCUT2D eigenvalue weighted by Crippen LogP contribution is 2.24. The Morgan fingerprint density at radius 1 is 1.17 bits per heavy atom. The summed E-state index contributed by atoms with van der Waals surface area (Å²) >= 11 is 2.94. The van der Waals surface area contributed by atoms with Gasteiger partial charge in [0.15, 0.2) is 0 Å². The Labute approximate surface area is 147 Å². The molecule has 1 N–H and O–H groups in total. The number of rotatable bonds is 6. The Morgan fingerprint density at radius 3 is 2.71 bits per heavy atom. The highest BCUT2D eigenvalue weighted by molar-refractivity contribution is 8.00. The molecule has 1 aromatic carbocycles. The van der Waals surface area contributed by atoms with Gasteiger partial charge < -0.3 is 5.32 Å². The Hall–Kier alpha value is -2.25. The van der Waals surface area contributed by atoms with Crippen LogP contribution >= 0.6 is 23.1 Å². The van der Waals surface area contributed by atoms with Gasteiger partial charge in [0, 0.05) is 17.3 Å². The number of amides is 1. The molecule has 0 saturated carbocycles. The molecule has 3 rings (SSSR count). The molecular weight excluding hydrogens is 345 g/mol. The van der Waals surface area contributed by atoms with E-state index in [4.69, 9.17) is 0 Å². The second-order valence-corrected chi connectivity index (χ2v) is 6.84. The lowest BCUT2D eigenvalue weighted by Gasteiger charge is -2.08. The van der Waals surface area contributed by atoms with Crippen molar-refractivity contribution in [3.05, 3.63) is 65.7 Å². The lowest BCUT2D eigenvalue weighted by atomic mass is 10.2. The number of hydrogen-bond acceptors (Lipinski definition) is 5. The monoisotopic (exact) mass is 359 g/mol. The zero-order valence-corrected chi connectivity index (χ0v) is 14.2. The van der Waals surface area contributed by atoms with Crippen molar-refractivity contribution in [3.8, 4) is 10.6 Å². The van der Waals surface area contributed by atoms with Crippen molar-refractivity contribution in [2.24, 2.45) is 0 Å². The van der Waals surface area contributed by atoms with Crippen molar-refractivity contribution in [1.29, 1.82) is 0 Å². The molecule has 0 radical (unpaired) electrons. The highest BCUT2D eigenvalue weighted by atomic mass is 32.2. The van der Waals surface area contributed by atoms with E-state index >= 15 is 0 Å². The SMILES string of the molecule is O=C(CSc1ccc(F)cc1)NCc1nccnc1-c1cccs1. The first-order valence-corrected chi connectivity index (χ1v) is 9.08. The van der Waals surface area contributed by atoms with Gasteiger partial charge in [-0.3, -0.25) is 14.8 Å². The maximum atomic E-state index is 12.8. The predicted octanol–water partition coefficient (Wildman–Crippen LogP) is 3.75. The third-order valence-electron chi connectivity index (χ3n) is 3.17. The molecule has 4 nitrogen and oxygen atoms in total. The van der Waals surface area contributed by atoms with Crippen LogP contribution in [0, 0.1) is 5.82 Å². The van der Waals surface area contributed by atoms with E-state index in [1.807, 2.05) is 17.5 Å². The third-order valence-corrected chi connectivity index (χ3v) is 5.05. The van der Waals surface area contributed by atoms with Crippen molar-refractivity contribution in [2.45, 2.75) is 11.4 Å². The molecule has 7 heteroatoms. The summed E-state index contributed by atoms with van der Waals surface area (Å²) in [6.07, 6.45) is 3.26. The number of carbonyl (C=O) groups excluding carboxylic acids is 1. The van der Waals surface area contributed by atoms with Gasteiger partial charge in [0.05, 0.1) is 22.9 Å². The summed E-state index contributed by atoms with van der Waals surface area (Å²) < 4.78 is 12.8. The number of thioether (sulfide) groups is 1. The quantitative estimate of drug-likeness (QED) is 0.681. The molecule has 2 heterocycles. The number of benzene rings is 1. The van der Waals surface area contributed by atoms with Gasteiger partial charge in [-0.05, 0) is 35.7 Å². The summed E-state index contributed by atoms with van der Waals surface area (Å²) in [5.74, 6) is -0.125. The van der Waals surface area contributed by atoms with Crippen LogP contribution in [-0.4, -0.2) is 21.6 Å². The lowest BCUT2D eigenvalue weighted by Crippen LogP contribution is -2.25. The van der Waals surface area contributed by atoms with Crippen LogP contribution in [0.2, 0.25) is 0 Å². The van der Waals surface area contributed by atoms with Gasteiger partial charge in [-0.15, -0.1) is 23.1 Å². The minimum absolute atomic E-state index is 0.105. The van der Waals surface area contributed by atoms with Crippen LogP contribution < -0.4 is 5.32 Å². The molecule has 3 aromatic rings. The molecule has 2 aromatic heterocycles. The minimum Gasteiger partial charge on any atom is -0.350 e. The first-order chi connectivity index (χ1) is 11.7. The maximum absolute atomic E-state index is 12.8. The topological polar surface area (TPSA) is 54.9 Å². The molecule has 0 aliphatic heterocycles. The molecule has 0 aliphatic rings. The molecule has 1 amide bonds. The van der Waals surface area contributed by atoms with Crippen LogP contribution in [0.5, 0.6) is 0 Å². The molecule has 0 atom stereocenters. The third kappa shape index (κ3) is 4.39. The molecule has 0 fully saturated rings. The lowest BCUT2D eigenvalue weighted by molar-refractivity contribution is -0.118. The average molecular weight is 359 g/mol. The first kappa shape index (κ1) is 16.6. The number of carbonyl (C=O) groups is 1. The smallest absolute Gasteiger partial charge is 0.230 e. The van der Waals surface area contributed by atoms with E-state index in [0.717, 1.165) is 21.2 Å². The predicted molar refractivity (Wildman–Crippen MR) is 94.3 cm³/mol. The summed E-state index contributed by atoms with van der Waals surface area (Å²) in [6.45, 7) is 0.323.